The van der Waals surface area contributed by atoms with E-state index in [0.29, 0.717) is 18.8 Å². The summed E-state index contributed by atoms with van der Waals surface area (Å²) >= 11 is 0. The van der Waals surface area contributed by atoms with Crippen LogP contribution in [0.15, 0.2) is 23.8 Å². The van der Waals surface area contributed by atoms with E-state index in [0.717, 1.165) is 44.9 Å². The molecule has 0 aromatic carbocycles. The van der Waals surface area contributed by atoms with Gasteiger partial charge in [-0.3, -0.25) is 4.79 Å². The van der Waals surface area contributed by atoms with Gasteiger partial charge in [0.1, 0.15) is 0 Å². The van der Waals surface area contributed by atoms with Crippen LogP contribution in [0.5, 0.6) is 0 Å². The lowest BCUT2D eigenvalue weighted by atomic mass is 9.29. The van der Waals surface area contributed by atoms with E-state index in [-0.39, 0.29) is 33.0 Å². The number of carboxylic acid groups (broad SMARTS) is 1. The Hall–Kier alpha value is -1.13. The lowest BCUT2D eigenvalue weighted by Crippen LogP contribution is -2.71. The van der Waals surface area contributed by atoms with Gasteiger partial charge in [0.15, 0.2) is 0 Å². The molecule has 9 atom stereocenters. The molecule has 0 spiro atoms. The molecule has 0 heterocycles. The van der Waals surface area contributed by atoms with E-state index < -0.39 is 23.6 Å². The van der Waals surface area contributed by atoms with Gasteiger partial charge >= 0.3 is 5.97 Å². The fourth-order valence-electron chi connectivity index (χ4n) is 10.7. The molecule has 0 aromatic heterocycles. The zero-order valence-electron chi connectivity index (χ0n) is 22.2. The predicted molar refractivity (Wildman–Crippen MR) is 134 cm³/mol. The highest BCUT2D eigenvalue weighted by atomic mass is 16.4. The SMILES string of the molecule is C=C1CCC2(C(=O)O)CCC3(C)C(=CCC4(C)C5(C)CC(O)C(O)C(C)(C)C5CCC34C)C2C1. The van der Waals surface area contributed by atoms with Crippen molar-refractivity contribution < 1.29 is 20.1 Å². The van der Waals surface area contributed by atoms with Crippen LogP contribution in [0.25, 0.3) is 0 Å². The number of allylic oxidation sites excluding steroid dienone is 3. The van der Waals surface area contributed by atoms with Crippen LogP contribution in [0.2, 0.25) is 0 Å². The molecule has 0 aromatic rings. The Bertz CT molecular complexity index is 965. The first kappa shape index (κ1) is 24.6. The number of aliphatic hydroxyl groups excluding tert-OH is 2. The normalized spacial score (nSPS) is 54.1. The van der Waals surface area contributed by atoms with Crippen LogP contribution < -0.4 is 0 Å². The van der Waals surface area contributed by atoms with Crippen molar-refractivity contribution in [2.24, 2.45) is 44.3 Å². The van der Waals surface area contributed by atoms with Gasteiger partial charge in [-0.2, -0.15) is 0 Å². The largest absolute Gasteiger partial charge is 0.481 e. The lowest BCUT2D eigenvalue weighted by Gasteiger charge is -2.75. The summed E-state index contributed by atoms with van der Waals surface area (Å²) < 4.78 is 0. The Morgan fingerprint density at radius 3 is 2.32 bits per heavy atom. The van der Waals surface area contributed by atoms with Crippen LogP contribution in [0.4, 0.5) is 0 Å². The number of aliphatic hydroxyl groups is 2. The molecule has 4 heteroatoms. The Morgan fingerprint density at radius 1 is 1.00 bits per heavy atom. The van der Waals surface area contributed by atoms with Crippen LogP contribution >= 0.6 is 0 Å². The molecule has 0 radical (unpaired) electrons. The molecule has 0 bridgehead atoms. The first-order valence-corrected chi connectivity index (χ1v) is 13.6. The van der Waals surface area contributed by atoms with Gasteiger partial charge in [-0.15, -0.1) is 0 Å². The molecule has 4 fully saturated rings. The summed E-state index contributed by atoms with van der Waals surface area (Å²) in [5.74, 6) is -0.230. The fraction of sp³-hybridized carbons (Fsp3) is 0.833. The Balaban J connectivity index is 1.66. The maximum Gasteiger partial charge on any atom is 0.310 e. The minimum atomic E-state index is -0.707. The third kappa shape index (κ3) is 2.55. The second-order valence-electron chi connectivity index (χ2n) is 14.4. The molecule has 0 aliphatic heterocycles. The third-order valence-electron chi connectivity index (χ3n) is 13.4. The van der Waals surface area contributed by atoms with Crippen LogP contribution in [0.1, 0.15) is 99.3 Å². The molecule has 4 nitrogen and oxygen atoms in total. The first-order valence-electron chi connectivity index (χ1n) is 13.6. The highest BCUT2D eigenvalue weighted by molar-refractivity contribution is 5.77. The van der Waals surface area contributed by atoms with Crippen molar-refractivity contribution in [3.8, 4) is 0 Å². The second-order valence-corrected chi connectivity index (χ2v) is 14.4. The quantitative estimate of drug-likeness (QED) is 0.403. The van der Waals surface area contributed by atoms with Crippen molar-refractivity contribution in [3.63, 3.8) is 0 Å². The van der Waals surface area contributed by atoms with E-state index in [2.05, 4.69) is 54.2 Å². The molecule has 9 unspecified atom stereocenters. The Morgan fingerprint density at radius 2 is 1.68 bits per heavy atom. The third-order valence-corrected chi connectivity index (χ3v) is 13.4. The minimum Gasteiger partial charge on any atom is -0.481 e. The zero-order chi connectivity index (χ0) is 25.1. The summed E-state index contributed by atoms with van der Waals surface area (Å²) in [4.78, 5) is 12.7. The number of hydrogen-bond acceptors (Lipinski definition) is 3. The molecule has 190 valence electrons. The molecule has 0 amide bonds. The van der Waals surface area contributed by atoms with E-state index in [4.69, 9.17) is 0 Å². The summed E-state index contributed by atoms with van der Waals surface area (Å²) in [5.41, 5.74) is 1.38. The number of carboxylic acids is 1. The highest BCUT2D eigenvalue weighted by Crippen LogP contribution is 2.79. The van der Waals surface area contributed by atoms with Gasteiger partial charge in [0.25, 0.3) is 0 Å². The Kier molecular flexibility index (Phi) is 5.06. The van der Waals surface area contributed by atoms with Crippen LogP contribution in [-0.4, -0.2) is 33.5 Å². The van der Waals surface area contributed by atoms with Gasteiger partial charge in [0, 0.05) is 5.92 Å². The molecular formula is C30H46O4. The van der Waals surface area contributed by atoms with E-state index in [1.807, 2.05) is 0 Å². The summed E-state index contributed by atoms with van der Waals surface area (Å²) in [6, 6.07) is 0. The maximum absolute atomic E-state index is 12.7. The van der Waals surface area contributed by atoms with Gasteiger partial charge in [0.2, 0.25) is 0 Å². The molecule has 5 rings (SSSR count). The molecule has 5 aliphatic rings. The van der Waals surface area contributed by atoms with Gasteiger partial charge in [0.05, 0.1) is 17.6 Å². The minimum absolute atomic E-state index is 0.00311. The molecule has 0 saturated heterocycles. The van der Waals surface area contributed by atoms with Crippen molar-refractivity contribution in [3.05, 3.63) is 23.8 Å². The summed E-state index contributed by atoms with van der Waals surface area (Å²) in [6.07, 6.45) is 8.72. The molecular weight excluding hydrogens is 424 g/mol. The average Bonchev–Trinajstić information content (AvgIpc) is 2.74. The topological polar surface area (TPSA) is 77.8 Å². The van der Waals surface area contributed by atoms with Gasteiger partial charge in [-0.05, 0) is 90.8 Å². The monoisotopic (exact) mass is 470 g/mol. The van der Waals surface area contributed by atoms with E-state index >= 15 is 0 Å². The van der Waals surface area contributed by atoms with E-state index in [1.54, 1.807) is 0 Å². The van der Waals surface area contributed by atoms with Crippen molar-refractivity contribution in [1.82, 2.24) is 0 Å². The smallest absolute Gasteiger partial charge is 0.310 e. The molecule has 3 N–H and O–H groups in total. The molecule has 34 heavy (non-hydrogen) atoms. The number of hydrogen-bond donors (Lipinski definition) is 3. The predicted octanol–water partition coefficient (Wildman–Crippen LogP) is 6.12. The van der Waals surface area contributed by atoms with Crippen LogP contribution in [0.3, 0.4) is 0 Å². The van der Waals surface area contributed by atoms with Crippen LogP contribution in [0, 0.1) is 44.3 Å². The summed E-state index contributed by atoms with van der Waals surface area (Å²) in [7, 11) is 0. The average molecular weight is 471 g/mol. The number of aliphatic carboxylic acids is 1. The Labute approximate surface area is 205 Å². The number of fused-ring (bicyclic) bond motifs is 7. The molecule has 4 saturated carbocycles. The van der Waals surface area contributed by atoms with Gasteiger partial charge < -0.3 is 15.3 Å². The first-order chi connectivity index (χ1) is 15.6. The van der Waals surface area contributed by atoms with Crippen LogP contribution in [-0.2, 0) is 4.79 Å². The highest BCUT2D eigenvalue weighted by Gasteiger charge is 2.73. The fourth-order valence-corrected chi connectivity index (χ4v) is 10.7. The van der Waals surface area contributed by atoms with Gasteiger partial charge in [-0.25, -0.2) is 0 Å². The lowest BCUT2D eigenvalue weighted by molar-refractivity contribution is -0.268. The summed E-state index contributed by atoms with van der Waals surface area (Å²) in [5, 5.41) is 32.4. The van der Waals surface area contributed by atoms with Crippen molar-refractivity contribution in [2.75, 3.05) is 0 Å². The van der Waals surface area contributed by atoms with Crippen molar-refractivity contribution in [2.45, 2.75) is 112 Å². The van der Waals surface area contributed by atoms with E-state index in [1.165, 1.54) is 11.1 Å². The van der Waals surface area contributed by atoms with Gasteiger partial charge in [-0.1, -0.05) is 65.3 Å². The van der Waals surface area contributed by atoms with Crippen molar-refractivity contribution >= 4 is 5.97 Å². The second kappa shape index (κ2) is 7.00. The number of carbonyl (C=O) groups is 1. The zero-order valence-corrected chi connectivity index (χ0v) is 22.2. The van der Waals surface area contributed by atoms with Crippen molar-refractivity contribution in [1.29, 1.82) is 0 Å². The summed E-state index contributed by atoms with van der Waals surface area (Å²) in [6.45, 7) is 18.4. The van der Waals surface area contributed by atoms with E-state index in [9.17, 15) is 20.1 Å². The standard InChI is InChI=1S/C30H46O4/c1-18-8-13-30(24(33)34)15-14-26(4)19(20(30)16-18)9-11-29(7)27(5)17-21(31)23(32)25(2,3)22(27)10-12-28(26,29)6/h9,20-23,31-32H,1,8,10-17H2,2-7H3,(H,33,34). The maximum atomic E-state index is 12.7. The molecule has 5 aliphatic carbocycles. The number of rotatable bonds is 1.